The Kier molecular flexibility index (Phi) is 42.9. The van der Waals surface area contributed by atoms with Gasteiger partial charge in [0.15, 0.2) is 6.10 Å². The van der Waals surface area contributed by atoms with Crippen LogP contribution in [0.5, 0.6) is 0 Å². The van der Waals surface area contributed by atoms with Gasteiger partial charge in [0.2, 0.25) is 0 Å². The zero-order valence-electron chi connectivity index (χ0n) is 37.1. The molecule has 0 heterocycles. The molecule has 0 amide bonds. The van der Waals surface area contributed by atoms with E-state index in [4.69, 9.17) is 24.3 Å². The molecule has 0 aromatic rings. The first-order valence-electron chi connectivity index (χ1n) is 23.8. The lowest BCUT2D eigenvalue weighted by Crippen LogP contribution is -2.29. The summed E-state index contributed by atoms with van der Waals surface area (Å²) in [7, 11) is -4.38. The molecule has 0 bridgehead atoms. The second-order valence-electron chi connectivity index (χ2n) is 16.0. The number of rotatable bonds is 45. The van der Waals surface area contributed by atoms with Gasteiger partial charge < -0.3 is 20.1 Å². The monoisotopic (exact) mass is 828 g/mol. The van der Waals surface area contributed by atoms with E-state index in [1.807, 2.05) is 0 Å². The van der Waals surface area contributed by atoms with Crippen molar-refractivity contribution in [3.63, 3.8) is 0 Å². The summed E-state index contributed by atoms with van der Waals surface area (Å²) in [5.74, 6) is -0.846. The van der Waals surface area contributed by atoms with Crippen LogP contribution < -0.4 is 5.73 Å². The van der Waals surface area contributed by atoms with Crippen LogP contribution in [0.1, 0.15) is 232 Å². The summed E-state index contributed by atoms with van der Waals surface area (Å²) in [6.45, 7) is 3.73. The maximum absolute atomic E-state index is 12.6. The smallest absolute Gasteiger partial charge is 0.462 e. The molecule has 0 aliphatic rings. The Bertz CT molecular complexity index is 990. The largest absolute Gasteiger partial charge is 0.472 e. The third kappa shape index (κ3) is 43.9. The highest BCUT2D eigenvalue weighted by molar-refractivity contribution is 7.47. The van der Waals surface area contributed by atoms with Crippen molar-refractivity contribution in [2.24, 2.45) is 5.73 Å². The fourth-order valence-corrected chi connectivity index (χ4v) is 7.51. The van der Waals surface area contributed by atoms with E-state index in [-0.39, 0.29) is 38.6 Å². The van der Waals surface area contributed by atoms with Gasteiger partial charge in [-0.25, -0.2) is 4.57 Å². The molecule has 0 saturated carbocycles. The van der Waals surface area contributed by atoms with Gasteiger partial charge in [-0.1, -0.05) is 179 Å². The number of hydrogen-bond acceptors (Lipinski definition) is 8. The number of carbonyl (C=O) groups excluding carboxylic acids is 2. The molecular formula is C47H90NO8P. The minimum Gasteiger partial charge on any atom is -0.462 e. The van der Waals surface area contributed by atoms with Crippen LogP contribution in [0.3, 0.4) is 0 Å². The standard InChI is InChI=1S/C47H90NO8P/c1-3-5-7-9-11-13-15-17-19-20-21-22-23-24-26-27-29-31-33-35-37-39-46(49)53-43-45(44-55-57(51,52)54-42-41-48)56-47(50)40-38-36-34-32-30-28-25-18-16-14-12-10-8-6-4-2/h17,19,30,32,45H,3-16,18,20-29,31,33-44,48H2,1-2H3,(H,51,52)/b19-17+,32-30+/t45-/m0/s1. The van der Waals surface area contributed by atoms with Gasteiger partial charge in [-0.15, -0.1) is 0 Å². The molecule has 1 unspecified atom stereocenters. The number of ether oxygens (including phenoxy) is 2. The number of phosphoric ester groups is 1. The molecule has 0 fully saturated rings. The van der Waals surface area contributed by atoms with Gasteiger partial charge in [0.1, 0.15) is 6.61 Å². The average molecular weight is 828 g/mol. The van der Waals surface area contributed by atoms with E-state index in [9.17, 15) is 19.0 Å². The maximum atomic E-state index is 12.6. The van der Waals surface area contributed by atoms with E-state index in [1.165, 1.54) is 161 Å². The molecule has 57 heavy (non-hydrogen) atoms. The van der Waals surface area contributed by atoms with Crippen molar-refractivity contribution < 1.29 is 37.6 Å². The molecule has 2 atom stereocenters. The van der Waals surface area contributed by atoms with Crippen molar-refractivity contribution in [1.82, 2.24) is 0 Å². The Morgan fingerprint density at radius 2 is 0.860 bits per heavy atom. The maximum Gasteiger partial charge on any atom is 0.472 e. The van der Waals surface area contributed by atoms with E-state index in [0.717, 1.165) is 38.5 Å². The number of carbonyl (C=O) groups is 2. The highest BCUT2D eigenvalue weighted by Gasteiger charge is 2.26. The van der Waals surface area contributed by atoms with Gasteiger partial charge >= 0.3 is 19.8 Å². The summed E-state index contributed by atoms with van der Waals surface area (Å²) in [6, 6.07) is 0. The van der Waals surface area contributed by atoms with Crippen molar-refractivity contribution in [3.8, 4) is 0 Å². The third-order valence-corrected chi connectivity index (χ3v) is 11.3. The van der Waals surface area contributed by atoms with E-state index in [2.05, 4.69) is 38.2 Å². The molecular weight excluding hydrogens is 737 g/mol. The average Bonchev–Trinajstić information content (AvgIpc) is 3.20. The van der Waals surface area contributed by atoms with Crippen molar-refractivity contribution in [3.05, 3.63) is 24.3 Å². The topological polar surface area (TPSA) is 134 Å². The fraction of sp³-hybridized carbons (Fsp3) is 0.872. The molecule has 0 aromatic carbocycles. The fourth-order valence-electron chi connectivity index (χ4n) is 6.74. The van der Waals surface area contributed by atoms with Crippen LogP contribution in [-0.2, 0) is 32.7 Å². The Morgan fingerprint density at radius 1 is 0.509 bits per heavy atom. The quantitative estimate of drug-likeness (QED) is 0.0266. The lowest BCUT2D eigenvalue weighted by molar-refractivity contribution is -0.161. The molecule has 0 saturated heterocycles. The van der Waals surface area contributed by atoms with E-state index >= 15 is 0 Å². The number of esters is 2. The lowest BCUT2D eigenvalue weighted by Gasteiger charge is -2.19. The predicted octanol–water partition coefficient (Wildman–Crippen LogP) is 13.9. The molecule has 0 aliphatic carbocycles. The molecule has 0 radical (unpaired) electrons. The number of unbranched alkanes of at least 4 members (excludes halogenated alkanes) is 28. The molecule has 9 nitrogen and oxygen atoms in total. The van der Waals surface area contributed by atoms with Gasteiger partial charge in [0.25, 0.3) is 0 Å². The summed E-state index contributed by atoms with van der Waals surface area (Å²) in [5.41, 5.74) is 5.35. The van der Waals surface area contributed by atoms with Crippen LogP contribution in [0.4, 0.5) is 0 Å². The highest BCUT2D eigenvalue weighted by Crippen LogP contribution is 2.43. The molecule has 336 valence electrons. The summed E-state index contributed by atoms with van der Waals surface area (Å²) >= 11 is 0. The lowest BCUT2D eigenvalue weighted by atomic mass is 10.0. The predicted molar refractivity (Wildman–Crippen MR) is 238 cm³/mol. The summed E-state index contributed by atoms with van der Waals surface area (Å²) in [4.78, 5) is 34.9. The van der Waals surface area contributed by atoms with Gasteiger partial charge in [0.05, 0.1) is 13.2 Å². The van der Waals surface area contributed by atoms with Crippen molar-refractivity contribution in [2.45, 2.75) is 238 Å². The minimum atomic E-state index is -4.38. The molecule has 0 aromatic heterocycles. The van der Waals surface area contributed by atoms with Crippen LogP contribution in [-0.4, -0.2) is 49.3 Å². The van der Waals surface area contributed by atoms with Crippen LogP contribution in [0.15, 0.2) is 24.3 Å². The Hall–Kier alpha value is -1.51. The Labute approximate surface area is 351 Å². The van der Waals surface area contributed by atoms with Crippen molar-refractivity contribution in [1.29, 1.82) is 0 Å². The summed E-state index contributed by atoms with van der Waals surface area (Å²) in [5, 5.41) is 0. The van der Waals surface area contributed by atoms with Crippen LogP contribution in [0.25, 0.3) is 0 Å². The number of hydrogen-bond donors (Lipinski definition) is 2. The molecule has 10 heteroatoms. The SMILES string of the molecule is CCCCCCCC/C=C/CCCCCCCCCCCCCC(=O)OC[C@@H](COP(=O)(O)OCCN)OC(=O)CCCC/C=C/CCCCCCCCCCC. The molecule has 3 N–H and O–H groups in total. The Balaban J connectivity index is 4.07. The molecule has 0 spiro atoms. The van der Waals surface area contributed by atoms with Crippen molar-refractivity contribution >= 4 is 19.8 Å². The first-order chi connectivity index (χ1) is 27.8. The zero-order chi connectivity index (χ0) is 41.8. The van der Waals surface area contributed by atoms with Gasteiger partial charge in [-0.2, -0.15) is 0 Å². The van der Waals surface area contributed by atoms with Gasteiger partial charge in [-0.05, 0) is 64.2 Å². The molecule has 0 rings (SSSR count). The zero-order valence-corrected chi connectivity index (χ0v) is 38.0. The van der Waals surface area contributed by atoms with E-state index in [1.54, 1.807) is 0 Å². The first kappa shape index (κ1) is 55.5. The van der Waals surface area contributed by atoms with Crippen LogP contribution >= 0.6 is 7.82 Å². The van der Waals surface area contributed by atoms with E-state index in [0.29, 0.717) is 6.42 Å². The minimum absolute atomic E-state index is 0.0518. The normalized spacial score (nSPS) is 13.4. The molecule has 0 aliphatic heterocycles. The van der Waals surface area contributed by atoms with Gasteiger partial charge in [-0.3, -0.25) is 18.6 Å². The van der Waals surface area contributed by atoms with Crippen LogP contribution in [0, 0.1) is 0 Å². The summed E-state index contributed by atoms with van der Waals surface area (Å²) in [6.07, 6.45) is 47.9. The van der Waals surface area contributed by atoms with Gasteiger partial charge in [0, 0.05) is 19.4 Å². The third-order valence-electron chi connectivity index (χ3n) is 10.3. The number of nitrogens with two attached hydrogens (primary N) is 1. The van der Waals surface area contributed by atoms with Crippen LogP contribution in [0.2, 0.25) is 0 Å². The second kappa shape index (κ2) is 44.1. The second-order valence-corrected chi connectivity index (χ2v) is 17.4. The van der Waals surface area contributed by atoms with E-state index < -0.39 is 26.5 Å². The Morgan fingerprint density at radius 3 is 1.28 bits per heavy atom. The number of phosphoric acid groups is 1. The first-order valence-corrected chi connectivity index (χ1v) is 25.3. The number of allylic oxidation sites excluding steroid dienone is 4. The van der Waals surface area contributed by atoms with Crippen molar-refractivity contribution in [2.75, 3.05) is 26.4 Å². The highest BCUT2D eigenvalue weighted by atomic mass is 31.2. The summed E-state index contributed by atoms with van der Waals surface area (Å²) < 4.78 is 32.8.